The first-order chi connectivity index (χ1) is 10.7. The quantitative estimate of drug-likeness (QED) is 0.915. The molecule has 0 saturated heterocycles. The lowest BCUT2D eigenvalue weighted by Crippen LogP contribution is -2.13. The van der Waals surface area contributed by atoms with Crippen molar-refractivity contribution >= 4 is 33.0 Å². The Kier molecular flexibility index (Phi) is 4.97. The van der Waals surface area contributed by atoms with Crippen LogP contribution in [0.4, 0.5) is 5.69 Å². The highest BCUT2D eigenvalue weighted by atomic mass is 35.5. The molecule has 0 spiro atoms. The molecule has 0 aromatic heterocycles. The van der Waals surface area contributed by atoms with Gasteiger partial charge in [-0.05, 0) is 42.8 Å². The van der Waals surface area contributed by atoms with Crippen LogP contribution < -0.4 is 10.1 Å². The highest BCUT2D eigenvalue weighted by Gasteiger charge is 2.14. The zero-order valence-electron chi connectivity index (χ0n) is 12.9. The normalized spacial score (nSPS) is 11.1. The number of halogens is 1. The van der Waals surface area contributed by atoms with Crippen molar-refractivity contribution in [1.29, 1.82) is 0 Å². The molecule has 0 aliphatic heterocycles. The van der Waals surface area contributed by atoms with Gasteiger partial charge in [-0.1, -0.05) is 17.7 Å². The lowest BCUT2D eigenvalue weighted by molar-refractivity contribution is 0.102. The summed E-state index contributed by atoms with van der Waals surface area (Å²) < 4.78 is 28.4. The van der Waals surface area contributed by atoms with Crippen LogP contribution in [0, 0.1) is 6.92 Å². The van der Waals surface area contributed by atoms with Crippen molar-refractivity contribution in [1.82, 2.24) is 0 Å². The number of methoxy groups -OCH3 is 1. The Hall–Kier alpha value is -2.05. The molecule has 2 aromatic rings. The number of benzene rings is 2. The second-order valence-corrected chi connectivity index (χ2v) is 7.48. The van der Waals surface area contributed by atoms with Gasteiger partial charge in [0.15, 0.2) is 9.84 Å². The predicted octanol–water partition coefficient (Wildman–Crippen LogP) is 3.31. The van der Waals surface area contributed by atoms with Gasteiger partial charge in [0.05, 0.1) is 22.7 Å². The minimum absolute atomic E-state index is 0.0821. The molecule has 0 aliphatic carbocycles. The molecule has 0 atom stereocenters. The van der Waals surface area contributed by atoms with E-state index in [9.17, 15) is 13.2 Å². The van der Waals surface area contributed by atoms with Crippen LogP contribution in [0.1, 0.15) is 15.9 Å². The molecule has 0 bridgehead atoms. The Bertz CT molecular complexity index is 862. The summed E-state index contributed by atoms with van der Waals surface area (Å²) in [5.74, 6) is 0.185. The minimum atomic E-state index is -3.39. The van der Waals surface area contributed by atoms with Crippen molar-refractivity contribution in [3.63, 3.8) is 0 Å². The molecule has 0 aliphatic rings. The maximum atomic E-state index is 12.3. The summed E-state index contributed by atoms with van der Waals surface area (Å²) >= 11 is 6.03. The van der Waals surface area contributed by atoms with Crippen molar-refractivity contribution in [2.75, 3.05) is 18.7 Å². The number of ether oxygens (including phenoxy) is 1. The molecule has 7 heteroatoms. The van der Waals surface area contributed by atoms with Gasteiger partial charge in [-0.25, -0.2) is 8.42 Å². The van der Waals surface area contributed by atoms with Gasteiger partial charge in [-0.15, -0.1) is 0 Å². The lowest BCUT2D eigenvalue weighted by Gasteiger charge is -2.11. The van der Waals surface area contributed by atoms with Crippen molar-refractivity contribution in [2.24, 2.45) is 0 Å². The number of carbonyl (C=O) groups is 1. The lowest BCUT2D eigenvalue weighted by atomic mass is 10.1. The summed E-state index contributed by atoms with van der Waals surface area (Å²) in [7, 11) is -1.86. The number of anilines is 1. The third-order valence-corrected chi connectivity index (χ3v) is 4.72. The van der Waals surface area contributed by atoms with E-state index in [-0.39, 0.29) is 15.6 Å². The molecule has 2 aromatic carbocycles. The van der Waals surface area contributed by atoms with Crippen LogP contribution in [0.2, 0.25) is 5.02 Å². The molecular formula is C16H16ClNO4S. The molecule has 0 heterocycles. The Morgan fingerprint density at radius 3 is 2.48 bits per heavy atom. The van der Waals surface area contributed by atoms with Crippen molar-refractivity contribution in [3.8, 4) is 5.75 Å². The monoisotopic (exact) mass is 353 g/mol. The summed E-state index contributed by atoms with van der Waals surface area (Å²) in [4.78, 5) is 12.4. The summed E-state index contributed by atoms with van der Waals surface area (Å²) in [5.41, 5.74) is 1.52. The summed E-state index contributed by atoms with van der Waals surface area (Å²) in [5, 5.41) is 2.87. The zero-order chi connectivity index (χ0) is 17.2. The average Bonchev–Trinajstić information content (AvgIpc) is 2.48. The SMILES string of the molecule is COc1cc(C(=O)Nc2cc(S(C)(=O)=O)ccc2Cl)ccc1C. The molecule has 122 valence electrons. The molecule has 0 saturated carbocycles. The number of nitrogens with one attached hydrogen (secondary N) is 1. The number of aryl methyl sites for hydroxylation is 1. The van der Waals surface area contributed by atoms with Crippen LogP contribution in [0.25, 0.3) is 0 Å². The summed E-state index contributed by atoms with van der Waals surface area (Å²) in [6.07, 6.45) is 1.09. The number of hydrogen-bond donors (Lipinski definition) is 1. The van der Waals surface area contributed by atoms with Gasteiger partial charge >= 0.3 is 0 Å². The first kappa shape index (κ1) is 17.3. The van der Waals surface area contributed by atoms with Gasteiger partial charge in [0.2, 0.25) is 0 Å². The molecule has 23 heavy (non-hydrogen) atoms. The molecule has 1 amide bonds. The van der Waals surface area contributed by atoms with Gasteiger partial charge < -0.3 is 10.1 Å². The maximum Gasteiger partial charge on any atom is 0.255 e. The van der Waals surface area contributed by atoms with E-state index in [0.717, 1.165) is 11.8 Å². The van der Waals surface area contributed by atoms with Gasteiger partial charge in [-0.3, -0.25) is 4.79 Å². The van der Waals surface area contributed by atoms with Crippen LogP contribution in [-0.2, 0) is 9.84 Å². The number of hydrogen-bond acceptors (Lipinski definition) is 4. The van der Waals surface area contributed by atoms with E-state index in [1.807, 2.05) is 6.92 Å². The average molecular weight is 354 g/mol. The number of amides is 1. The number of sulfone groups is 1. The Morgan fingerprint density at radius 2 is 1.87 bits per heavy atom. The van der Waals surface area contributed by atoms with Crippen LogP contribution in [0.3, 0.4) is 0 Å². The second kappa shape index (κ2) is 6.60. The van der Waals surface area contributed by atoms with Crippen LogP contribution in [0.5, 0.6) is 5.75 Å². The van der Waals surface area contributed by atoms with E-state index in [1.54, 1.807) is 18.2 Å². The molecule has 0 radical (unpaired) electrons. The standard InChI is InChI=1S/C16H16ClNO4S/c1-10-4-5-11(8-15(10)22-2)16(19)18-14-9-12(23(3,20)21)6-7-13(14)17/h4-9H,1-3H3,(H,18,19). The van der Waals surface area contributed by atoms with E-state index in [4.69, 9.17) is 16.3 Å². The zero-order valence-corrected chi connectivity index (χ0v) is 14.5. The predicted molar refractivity (Wildman–Crippen MR) is 90.2 cm³/mol. The highest BCUT2D eigenvalue weighted by molar-refractivity contribution is 7.90. The van der Waals surface area contributed by atoms with Crippen molar-refractivity contribution in [3.05, 3.63) is 52.5 Å². The van der Waals surface area contributed by atoms with Gasteiger partial charge in [0, 0.05) is 11.8 Å². The highest BCUT2D eigenvalue weighted by Crippen LogP contribution is 2.26. The Labute approximate surface area is 140 Å². The largest absolute Gasteiger partial charge is 0.496 e. The van der Waals surface area contributed by atoms with Gasteiger partial charge in [0.25, 0.3) is 5.91 Å². The third kappa shape index (κ3) is 4.03. The third-order valence-electron chi connectivity index (χ3n) is 3.28. The molecule has 0 fully saturated rings. The Morgan fingerprint density at radius 1 is 1.17 bits per heavy atom. The van der Waals surface area contributed by atoms with Crippen molar-refractivity contribution in [2.45, 2.75) is 11.8 Å². The van der Waals surface area contributed by atoms with E-state index in [1.165, 1.54) is 25.3 Å². The molecule has 1 N–H and O–H groups in total. The molecule has 0 unspecified atom stereocenters. The fourth-order valence-corrected chi connectivity index (χ4v) is 2.80. The fourth-order valence-electron chi connectivity index (χ4n) is 1.99. The minimum Gasteiger partial charge on any atom is -0.496 e. The Balaban J connectivity index is 2.33. The van der Waals surface area contributed by atoms with Gasteiger partial charge in [-0.2, -0.15) is 0 Å². The van der Waals surface area contributed by atoms with Crippen LogP contribution >= 0.6 is 11.6 Å². The molecule has 2 rings (SSSR count). The summed E-state index contributed by atoms with van der Waals surface area (Å²) in [6, 6.07) is 9.19. The van der Waals surface area contributed by atoms with E-state index in [0.29, 0.717) is 11.3 Å². The fraction of sp³-hybridized carbons (Fsp3) is 0.188. The van der Waals surface area contributed by atoms with E-state index >= 15 is 0 Å². The van der Waals surface area contributed by atoms with E-state index < -0.39 is 15.7 Å². The van der Waals surface area contributed by atoms with E-state index in [2.05, 4.69) is 5.32 Å². The second-order valence-electron chi connectivity index (χ2n) is 5.05. The molecular weight excluding hydrogens is 338 g/mol. The van der Waals surface area contributed by atoms with Gasteiger partial charge in [0.1, 0.15) is 5.75 Å². The smallest absolute Gasteiger partial charge is 0.255 e. The first-order valence-corrected chi connectivity index (χ1v) is 8.95. The van der Waals surface area contributed by atoms with Crippen LogP contribution in [-0.4, -0.2) is 27.7 Å². The number of carbonyl (C=O) groups excluding carboxylic acids is 1. The molecule has 5 nitrogen and oxygen atoms in total. The van der Waals surface area contributed by atoms with Crippen LogP contribution in [0.15, 0.2) is 41.3 Å². The first-order valence-electron chi connectivity index (χ1n) is 6.68. The summed E-state index contributed by atoms with van der Waals surface area (Å²) in [6.45, 7) is 1.87. The topological polar surface area (TPSA) is 72.5 Å². The number of rotatable bonds is 4. The van der Waals surface area contributed by atoms with Crippen molar-refractivity contribution < 1.29 is 17.9 Å². The maximum absolute atomic E-state index is 12.3.